The number of non-ortho nitro benzene ring substituents is 1. The van der Waals surface area contributed by atoms with Gasteiger partial charge in [0.15, 0.2) is 0 Å². The molecule has 7 nitrogen and oxygen atoms in total. The molecule has 0 unspecified atom stereocenters. The molecule has 2 heterocycles. The lowest BCUT2D eigenvalue weighted by atomic mass is 10.2. The largest absolute Gasteiger partial charge is 0.363 e. The molecule has 0 bridgehead atoms. The van der Waals surface area contributed by atoms with Gasteiger partial charge in [-0.05, 0) is 18.2 Å². The predicted molar refractivity (Wildman–Crippen MR) is 74.3 cm³/mol. The fourth-order valence-electron chi connectivity index (χ4n) is 1.89. The van der Waals surface area contributed by atoms with E-state index in [9.17, 15) is 10.1 Å². The number of nitro benzene ring substituents is 1. The van der Waals surface area contributed by atoms with Crippen molar-refractivity contribution < 1.29 is 4.92 Å². The van der Waals surface area contributed by atoms with E-state index in [2.05, 4.69) is 20.3 Å². The first-order valence-corrected chi connectivity index (χ1v) is 6.00. The minimum atomic E-state index is -0.414. The summed E-state index contributed by atoms with van der Waals surface area (Å²) >= 11 is 0. The first-order chi connectivity index (χ1) is 9.72. The van der Waals surface area contributed by atoms with Crippen LogP contribution in [0.2, 0.25) is 0 Å². The van der Waals surface area contributed by atoms with Crippen LogP contribution < -0.4 is 5.32 Å². The first-order valence-electron chi connectivity index (χ1n) is 6.00. The molecule has 0 atom stereocenters. The fraction of sp³-hybridized carbons (Fsp3) is 0.0769. The van der Waals surface area contributed by atoms with E-state index in [4.69, 9.17) is 0 Å². The Morgan fingerprint density at radius 1 is 1.30 bits per heavy atom. The first kappa shape index (κ1) is 12.1. The molecule has 0 aliphatic carbocycles. The summed E-state index contributed by atoms with van der Waals surface area (Å²) in [5, 5.41) is 14.6. The van der Waals surface area contributed by atoms with Gasteiger partial charge in [-0.2, -0.15) is 0 Å². The van der Waals surface area contributed by atoms with Crippen LogP contribution in [-0.4, -0.2) is 19.9 Å². The number of hydrogen-bond donors (Lipinski definition) is 2. The van der Waals surface area contributed by atoms with Gasteiger partial charge in [-0.25, -0.2) is 9.97 Å². The molecule has 0 fully saturated rings. The van der Waals surface area contributed by atoms with E-state index in [-0.39, 0.29) is 5.69 Å². The van der Waals surface area contributed by atoms with E-state index >= 15 is 0 Å². The standard InChI is InChI=1S/C13H11N5O2/c19-18(20)10-2-3-11-9(7-10)1-4-12(17-11)16-8-13-14-5-6-15-13/h1-7H,8H2,(H,14,15)(H,16,17). The van der Waals surface area contributed by atoms with Crippen LogP contribution in [0, 0.1) is 10.1 Å². The fourth-order valence-corrected chi connectivity index (χ4v) is 1.89. The van der Waals surface area contributed by atoms with Gasteiger partial charge in [0.25, 0.3) is 5.69 Å². The van der Waals surface area contributed by atoms with Crippen LogP contribution in [0.1, 0.15) is 5.82 Å². The molecule has 2 N–H and O–H groups in total. The van der Waals surface area contributed by atoms with Crippen LogP contribution in [0.25, 0.3) is 10.9 Å². The van der Waals surface area contributed by atoms with E-state index < -0.39 is 4.92 Å². The Morgan fingerprint density at radius 2 is 2.20 bits per heavy atom. The van der Waals surface area contributed by atoms with Gasteiger partial charge in [-0.15, -0.1) is 0 Å². The molecule has 100 valence electrons. The topological polar surface area (TPSA) is 96.7 Å². The monoisotopic (exact) mass is 269 g/mol. The number of anilines is 1. The maximum Gasteiger partial charge on any atom is 0.270 e. The quantitative estimate of drug-likeness (QED) is 0.560. The highest BCUT2D eigenvalue weighted by atomic mass is 16.6. The minimum Gasteiger partial charge on any atom is -0.363 e. The van der Waals surface area contributed by atoms with Gasteiger partial charge in [-0.3, -0.25) is 10.1 Å². The third-order valence-electron chi connectivity index (χ3n) is 2.88. The van der Waals surface area contributed by atoms with Crippen LogP contribution in [-0.2, 0) is 6.54 Å². The number of nitrogens with zero attached hydrogens (tertiary/aromatic N) is 3. The van der Waals surface area contributed by atoms with Gasteiger partial charge in [0.1, 0.15) is 11.6 Å². The Hall–Kier alpha value is -2.96. The van der Waals surface area contributed by atoms with Gasteiger partial charge in [0, 0.05) is 29.9 Å². The number of nitro groups is 1. The van der Waals surface area contributed by atoms with E-state index in [1.807, 2.05) is 0 Å². The number of pyridine rings is 1. The van der Waals surface area contributed by atoms with Crippen molar-refractivity contribution in [2.24, 2.45) is 0 Å². The third kappa shape index (κ3) is 2.41. The molecule has 0 aliphatic rings. The molecule has 3 rings (SSSR count). The predicted octanol–water partition coefficient (Wildman–Crippen LogP) is 2.48. The number of rotatable bonds is 4. The number of nitrogens with one attached hydrogen (secondary N) is 2. The average Bonchev–Trinajstić information content (AvgIpc) is 2.97. The Morgan fingerprint density at radius 3 is 2.95 bits per heavy atom. The lowest BCUT2D eigenvalue weighted by Gasteiger charge is -2.05. The maximum atomic E-state index is 10.7. The van der Waals surface area contributed by atoms with Crippen LogP contribution in [0.4, 0.5) is 11.5 Å². The summed E-state index contributed by atoms with van der Waals surface area (Å²) in [7, 11) is 0. The number of benzene rings is 1. The third-order valence-corrected chi connectivity index (χ3v) is 2.88. The summed E-state index contributed by atoms with van der Waals surface area (Å²) in [4.78, 5) is 21.8. The lowest BCUT2D eigenvalue weighted by molar-refractivity contribution is -0.384. The molecule has 2 aromatic heterocycles. The number of fused-ring (bicyclic) bond motifs is 1. The Kier molecular flexibility index (Phi) is 3.00. The van der Waals surface area contributed by atoms with Gasteiger partial charge >= 0.3 is 0 Å². The molecular weight excluding hydrogens is 258 g/mol. The Balaban J connectivity index is 1.83. The zero-order chi connectivity index (χ0) is 13.9. The molecule has 1 aromatic carbocycles. The van der Waals surface area contributed by atoms with Crippen LogP contribution in [0.15, 0.2) is 42.7 Å². The van der Waals surface area contributed by atoms with Gasteiger partial charge in [0.05, 0.1) is 17.0 Å². The van der Waals surface area contributed by atoms with Crippen molar-refractivity contribution in [3.8, 4) is 0 Å². The van der Waals surface area contributed by atoms with Crippen molar-refractivity contribution in [1.29, 1.82) is 0 Å². The number of hydrogen-bond acceptors (Lipinski definition) is 5. The van der Waals surface area contributed by atoms with E-state index in [0.717, 1.165) is 11.2 Å². The number of aromatic amines is 1. The second kappa shape index (κ2) is 4.96. The summed E-state index contributed by atoms with van der Waals surface area (Å²) in [6.45, 7) is 0.540. The summed E-state index contributed by atoms with van der Waals surface area (Å²) in [5.74, 6) is 1.51. The molecule has 0 saturated heterocycles. The van der Waals surface area contributed by atoms with Gasteiger partial charge in [0.2, 0.25) is 0 Å². The number of imidazole rings is 1. The van der Waals surface area contributed by atoms with Crippen LogP contribution in [0.5, 0.6) is 0 Å². The van der Waals surface area contributed by atoms with E-state index in [0.29, 0.717) is 17.9 Å². The van der Waals surface area contributed by atoms with Gasteiger partial charge in [-0.1, -0.05) is 0 Å². The molecule has 0 spiro atoms. The zero-order valence-corrected chi connectivity index (χ0v) is 10.4. The van der Waals surface area contributed by atoms with Crippen LogP contribution in [0.3, 0.4) is 0 Å². The van der Waals surface area contributed by atoms with E-state index in [1.54, 1.807) is 30.6 Å². The molecule has 0 radical (unpaired) electrons. The summed E-state index contributed by atoms with van der Waals surface area (Å²) in [5.41, 5.74) is 0.774. The van der Waals surface area contributed by atoms with Crippen LogP contribution >= 0.6 is 0 Å². The Bertz CT molecular complexity index is 755. The summed E-state index contributed by atoms with van der Waals surface area (Å²) in [6, 6.07) is 8.20. The van der Waals surface area contributed by atoms with Crippen molar-refractivity contribution in [3.05, 3.63) is 58.7 Å². The van der Waals surface area contributed by atoms with E-state index in [1.165, 1.54) is 12.1 Å². The van der Waals surface area contributed by atoms with Crippen molar-refractivity contribution in [1.82, 2.24) is 15.0 Å². The summed E-state index contributed by atoms with van der Waals surface area (Å²) < 4.78 is 0. The highest BCUT2D eigenvalue weighted by Crippen LogP contribution is 2.21. The molecule has 0 saturated carbocycles. The Labute approximate surface area is 113 Å². The average molecular weight is 269 g/mol. The second-order valence-corrected chi connectivity index (χ2v) is 4.22. The molecule has 3 aromatic rings. The van der Waals surface area contributed by atoms with Crippen molar-refractivity contribution in [3.63, 3.8) is 0 Å². The van der Waals surface area contributed by atoms with Gasteiger partial charge < -0.3 is 10.3 Å². The number of H-pyrrole nitrogens is 1. The minimum absolute atomic E-state index is 0.0654. The second-order valence-electron chi connectivity index (χ2n) is 4.22. The highest BCUT2D eigenvalue weighted by Gasteiger charge is 2.07. The maximum absolute atomic E-state index is 10.7. The molecule has 0 amide bonds. The lowest BCUT2D eigenvalue weighted by Crippen LogP contribution is -2.02. The number of aromatic nitrogens is 3. The summed E-state index contributed by atoms with van der Waals surface area (Å²) in [6.07, 6.45) is 3.44. The zero-order valence-electron chi connectivity index (χ0n) is 10.4. The van der Waals surface area contributed by atoms with Crippen molar-refractivity contribution in [2.45, 2.75) is 6.54 Å². The smallest absolute Gasteiger partial charge is 0.270 e. The highest BCUT2D eigenvalue weighted by molar-refractivity contribution is 5.82. The van der Waals surface area contributed by atoms with Crippen molar-refractivity contribution in [2.75, 3.05) is 5.32 Å². The SMILES string of the molecule is O=[N+]([O-])c1ccc2nc(NCc3ncc[nH]3)ccc2c1. The molecular formula is C13H11N5O2. The molecule has 20 heavy (non-hydrogen) atoms. The van der Waals surface area contributed by atoms with Crippen molar-refractivity contribution >= 4 is 22.4 Å². The molecule has 7 heteroatoms. The molecule has 0 aliphatic heterocycles. The normalized spacial score (nSPS) is 10.6.